The SMILES string of the molecule is CN(CC1CCC1)C(=O)C1CCCN1C1CCNCC1. The van der Waals surface area contributed by atoms with Gasteiger partial charge in [-0.3, -0.25) is 9.69 Å². The molecule has 2 aliphatic heterocycles. The summed E-state index contributed by atoms with van der Waals surface area (Å²) in [7, 11) is 2.01. The van der Waals surface area contributed by atoms with Gasteiger partial charge in [0.05, 0.1) is 6.04 Å². The predicted octanol–water partition coefficient (Wildman–Crippen LogP) is 1.46. The average Bonchev–Trinajstić information content (AvgIpc) is 2.92. The Morgan fingerprint density at radius 2 is 1.90 bits per heavy atom. The van der Waals surface area contributed by atoms with E-state index in [2.05, 4.69) is 10.2 Å². The molecule has 1 amide bonds. The van der Waals surface area contributed by atoms with Crippen molar-refractivity contribution in [1.29, 1.82) is 0 Å². The number of hydrogen-bond donors (Lipinski definition) is 1. The van der Waals surface area contributed by atoms with Crippen LogP contribution in [0, 0.1) is 5.92 Å². The fourth-order valence-electron chi connectivity index (χ4n) is 4.04. The molecule has 4 nitrogen and oxygen atoms in total. The number of carbonyl (C=O) groups excluding carboxylic acids is 1. The van der Waals surface area contributed by atoms with Crippen LogP contribution in [0.5, 0.6) is 0 Å². The van der Waals surface area contributed by atoms with E-state index < -0.39 is 0 Å². The van der Waals surface area contributed by atoms with Crippen molar-refractivity contribution in [2.45, 2.75) is 57.0 Å². The van der Waals surface area contributed by atoms with Crippen molar-refractivity contribution in [2.75, 3.05) is 33.2 Å². The van der Waals surface area contributed by atoms with Crippen LogP contribution in [0.3, 0.4) is 0 Å². The summed E-state index contributed by atoms with van der Waals surface area (Å²) < 4.78 is 0. The van der Waals surface area contributed by atoms with Crippen LogP contribution in [0.25, 0.3) is 0 Å². The first-order chi connectivity index (χ1) is 9.75. The first-order valence-electron chi connectivity index (χ1n) is 8.47. The lowest BCUT2D eigenvalue weighted by atomic mass is 9.85. The molecule has 0 aromatic rings. The highest BCUT2D eigenvalue weighted by atomic mass is 16.2. The molecule has 3 rings (SSSR count). The summed E-state index contributed by atoms with van der Waals surface area (Å²) in [5.41, 5.74) is 0. The molecule has 2 heterocycles. The van der Waals surface area contributed by atoms with Crippen LogP contribution in [0.15, 0.2) is 0 Å². The summed E-state index contributed by atoms with van der Waals surface area (Å²) in [6, 6.07) is 0.799. The number of likely N-dealkylation sites (tertiary alicyclic amines) is 1. The minimum absolute atomic E-state index is 0.170. The Kier molecular flexibility index (Phi) is 4.61. The van der Waals surface area contributed by atoms with Crippen LogP contribution in [0.1, 0.15) is 44.9 Å². The minimum Gasteiger partial charge on any atom is -0.344 e. The maximum atomic E-state index is 12.7. The Morgan fingerprint density at radius 3 is 2.55 bits per heavy atom. The molecule has 0 aromatic heterocycles. The van der Waals surface area contributed by atoms with Gasteiger partial charge < -0.3 is 10.2 Å². The number of rotatable bonds is 4. The zero-order valence-electron chi connectivity index (χ0n) is 12.8. The van der Waals surface area contributed by atoms with Crippen LogP contribution in [0.2, 0.25) is 0 Å². The van der Waals surface area contributed by atoms with E-state index in [4.69, 9.17) is 0 Å². The van der Waals surface area contributed by atoms with E-state index in [0.717, 1.165) is 38.5 Å². The standard InChI is InChI=1S/C16H29N3O/c1-18(12-13-4-2-5-13)16(20)15-6-3-11-19(15)14-7-9-17-10-8-14/h13-15,17H,2-12H2,1H3. The number of carbonyl (C=O) groups is 1. The Balaban J connectivity index is 1.57. The zero-order chi connectivity index (χ0) is 13.9. The lowest BCUT2D eigenvalue weighted by Crippen LogP contribution is -2.51. The van der Waals surface area contributed by atoms with Crippen molar-refractivity contribution >= 4 is 5.91 Å². The number of likely N-dealkylation sites (N-methyl/N-ethyl adjacent to an activating group) is 1. The van der Waals surface area contributed by atoms with E-state index in [-0.39, 0.29) is 6.04 Å². The van der Waals surface area contributed by atoms with Crippen molar-refractivity contribution in [3.63, 3.8) is 0 Å². The molecule has 3 aliphatic rings. The van der Waals surface area contributed by atoms with Gasteiger partial charge in [-0.1, -0.05) is 6.42 Å². The molecular weight excluding hydrogens is 250 g/mol. The zero-order valence-corrected chi connectivity index (χ0v) is 12.8. The molecule has 2 saturated heterocycles. The first kappa shape index (κ1) is 14.3. The third-order valence-electron chi connectivity index (χ3n) is 5.49. The summed E-state index contributed by atoms with van der Waals surface area (Å²) in [6.45, 7) is 4.33. The highest BCUT2D eigenvalue weighted by Crippen LogP contribution is 2.29. The fourth-order valence-corrected chi connectivity index (χ4v) is 4.04. The Morgan fingerprint density at radius 1 is 1.15 bits per heavy atom. The largest absolute Gasteiger partial charge is 0.344 e. The van der Waals surface area contributed by atoms with Gasteiger partial charge in [-0.05, 0) is 64.1 Å². The van der Waals surface area contributed by atoms with Crippen LogP contribution in [-0.2, 0) is 4.79 Å². The maximum absolute atomic E-state index is 12.7. The molecule has 1 saturated carbocycles. The molecule has 0 spiro atoms. The number of nitrogens with zero attached hydrogens (tertiary/aromatic N) is 2. The lowest BCUT2D eigenvalue weighted by molar-refractivity contribution is -0.136. The number of hydrogen-bond acceptors (Lipinski definition) is 3. The molecule has 3 fully saturated rings. The van der Waals surface area contributed by atoms with E-state index in [0.29, 0.717) is 11.9 Å². The smallest absolute Gasteiger partial charge is 0.239 e. The van der Waals surface area contributed by atoms with Gasteiger partial charge in [-0.25, -0.2) is 0 Å². The summed E-state index contributed by atoms with van der Waals surface area (Å²) in [5, 5.41) is 3.42. The summed E-state index contributed by atoms with van der Waals surface area (Å²) in [6.07, 6.45) is 8.67. The van der Waals surface area contributed by atoms with Gasteiger partial charge in [0.25, 0.3) is 0 Å². The van der Waals surface area contributed by atoms with Crippen molar-refractivity contribution in [1.82, 2.24) is 15.1 Å². The molecule has 114 valence electrons. The van der Waals surface area contributed by atoms with Crippen LogP contribution in [-0.4, -0.2) is 61.0 Å². The highest BCUT2D eigenvalue weighted by Gasteiger charge is 2.37. The first-order valence-corrected chi connectivity index (χ1v) is 8.47. The molecule has 1 atom stereocenters. The van der Waals surface area contributed by atoms with Gasteiger partial charge in [0.1, 0.15) is 0 Å². The second kappa shape index (κ2) is 6.44. The maximum Gasteiger partial charge on any atom is 0.239 e. The Bertz CT molecular complexity index is 337. The summed E-state index contributed by atoms with van der Waals surface area (Å²) >= 11 is 0. The van der Waals surface area contributed by atoms with Gasteiger partial charge >= 0.3 is 0 Å². The Labute approximate surface area is 122 Å². The molecule has 1 N–H and O–H groups in total. The molecule has 1 aliphatic carbocycles. The van der Waals surface area contributed by atoms with E-state index in [9.17, 15) is 4.79 Å². The quantitative estimate of drug-likeness (QED) is 0.846. The van der Waals surface area contributed by atoms with Crippen LogP contribution >= 0.6 is 0 Å². The number of nitrogens with one attached hydrogen (secondary N) is 1. The Hall–Kier alpha value is -0.610. The molecule has 0 radical (unpaired) electrons. The minimum atomic E-state index is 0.170. The fraction of sp³-hybridized carbons (Fsp3) is 0.938. The van der Waals surface area contributed by atoms with Gasteiger partial charge in [0, 0.05) is 19.6 Å². The van der Waals surface area contributed by atoms with Crippen molar-refractivity contribution in [3.05, 3.63) is 0 Å². The van der Waals surface area contributed by atoms with Crippen LogP contribution < -0.4 is 5.32 Å². The van der Waals surface area contributed by atoms with Crippen molar-refractivity contribution < 1.29 is 4.79 Å². The third kappa shape index (κ3) is 3.01. The summed E-state index contributed by atoms with van der Waals surface area (Å²) in [4.78, 5) is 17.3. The highest BCUT2D eigenvalue weighted by molar-refractivity contribution is 5.82. The van der Waals surface area contributed by atoms with E-state index in [1.807, 2.05) is 11.9 Å². The molecular formula is C16H29N3O. The summed E-state index contributed by atoms with van der Waals surface area (Å²) in [5.74, 6) is 1.16. The topological polar surface area (TPSA) is 35.6 Å². The van der Waals surface area contributed by atoms with E-state index in [1.165, 1.54) is 38.5 Å². The molecule has 4 heteroatoms. The normalized spacial score (nSPS) is 29.4. The lowest BCUT2D eigenvalue weighted by Gasteiger charge is -2.37. The van der Waals surface area contributed by atoms with Crippen molar-refractivity contribution in [2.24, 2.45) is 5.92 Å². The van der Waals surface area contributed by atoms with E-state index in [1.54, 1.807) is 0 Å². The molecule has 1 unspecified atom stereocenters. The second-order valence-corrected chi connectivity index (χ2v) is 6.89. The number of piperidine rings is 1. The average molecular weight is 279 g/mol. The van der Waals surface area contributed by atoms with Gasteiger partial charge in [-0.15, -0.1) is 0 Å². The monoisotopic (exact) mass is 279 g/mol. The van der Waals surface area contributed by atoms with Gasteiger partial charge in [-0.2, -0.15) is 0 Å². The second-order valence-electron chi connectivity index (χ2n) is 6.89. The van der Waals surface area contributed by atoms with Crippen LogP contribution in [0.4, 0.5) is 0 Å². The number of amides is 1. The molecule has 20 heavy (non-hydrogen) atoms. The third-order valence-corrected chi connectivity index (χ3v) is 5.49. The van der Waals surface area contributed by atoms with Gasteiger partial charge in [0.2, 0.25) is 5.91 Å². The molecule has 0 bridgehead atoms. The molecule has 0 aromatic carbocycles. The van der Waals surface area contributed by atoms with Crippen molar-refractivity contribution in [3.8, 4) is 0 Å². The van der Waals surface area contributed by atoms with E-state index >= 15 is 0 Å². The van der Waals surface area contributed by atoms with Gasteiger partial charge in [0.15, 0.2) is 0 Å². The predicted molar refractivity (Wildman–Crippen MR) is 80.6 cm³/mol.